The first-order valence-electron chi connectivity index (χ1n) is 5.85. The molecule has 0 bridgehead atoms. The summed E-state index contributed by atoms with van der Waals surface area (Å²) in [7, 11) is 0. The largest absolute Gasteiger partial charge is 0.364 e. The van der Waals surface area contributed by atoms with Crippen molar-refractivity contribution in [1.82, 2.24) is 9.97 Å². The molecule has 2 aromatic heterocycles. The molecule has 4 nitrogen and oxygen atoms in total. The van der Waals surface area contributed by atoms with Gasteiger partial charge in [0.1, 0.15) is 17.3 Å². The second kappa shape index (κ2) is 4.26. The third-order valence-electron chi connectivity index (χ3n) is 2.41. The summed E-state index contributed by atoms with van der Waals surface area (Å²) in [5, 5.41) is 13.3. The van der Waals surface area contributed by atoms with Crippen LogP contribution in [0.4, 0.5) is 5.82 Å². The molecule has 0 saturated heterocycles. The van der Waals surface area contributed by atoms with E-state index in [4.69, 9.17) is 5.26 Å². The molecule has 2 aromatic rings. The predicted molar refractivity (Wildman–Crippen MR) is 72.4 cm³/mol. The van der Waals surface area contributed by atoms with Gasteiger partial charge in [-0.05, 0) is 45.4 Å². The molecule has 2 heterocycles. The zero-order valence-corrected chi connectivity index (χ0v) is 11.1. The number of nitrogens with one attached hydrogen (secondary N) is 1. The van der Waals surface area contributed by atoms with Crippen molar-refractivity contribution in [2.75, 3.05) is 5.32 Å². The Kier molecular flexibility index (Phi) is 2.92. The van der Waals surface area contributed by atoms with Crippen LogP contribution in [0.25, 0.3) is 10.9 Å². The molecule has 0 spiro atoms. The Morgan fingerprint density at radius 1 is 1.28 bits per heavy atom. The van der Waals surface area contributed by atoms with Gasteiger partial charge in [-0.15, -0.1) is 0 Å². The number of anilines is 1. The maximum Gasteiger partial charge on any atom is 0.154 e. The van der Waals surface area contributed by atoms with Crippen LogP contribution in [-0.2, 0) is 0 Å². The fraction of sp³-hybridized carbons (Fsp3) is 0.357. The number of hydrogen-bond donors (Lipinski definition) is 1. The number of nitrogens with zero attached hydrogens (tertiary/aromatic N) is 3. The van der Waals surface area contributed by atoms with Gasteiger partial charge in [0.25, 0.3) is 0 Å². The van der Waals surface area contributed by atoms with E-state index < -0.39 is 0 Å². The Labute approximate surface area is 107 Å². The zero-order valence-electron chi connectivity index (χ0n) is 11.1. The third kappa shape index (κ3) is 2.57. The minimum Gasteiger partial charge on any atom is -0.364 e. The van der Waals surface area contributed by atoms with Gasteiger partial charge in [0.2, 0.25) is 0 Å². The number of aryl methyl sites for hydroxylation is 1. The molecule has 18 heavy (non-hydrogen) atoms. The SMILES string of the molecule is Cc1cnc2c(NC(C)(C)C)nc(C#N)cc2c1. The molecular formula is C14H16N4. The fourth-order valence-corrected chi connectivity index (χ4v) is 1.75. The van der Waals surface area contributed by atoms with E-state index in [-0.39, 0.29) is 5.54 Å². The van der Waals surface area contributed by atoms with Crippen molar-refractivity contribution in [2.45, 2.75) is 33.2 Å². The average molecular weight is 240 g/mol. The van der Waals surface area contributed by atoms with Crippen molar-refractivity contribution in [3.8, 4) is 6.07 Å². The Morgan fingerprint density at radius 2 is 2.00 bits per heavy atom. The first-order chi connectivity index (χ1) is 8.39. The first kappa shape index (κ1) is 12.3. The van der Waals surface area contributed by atoms with Crippen molar-refractivity contribution in [1.29, 1.82) is 5.26 Å². The highest BCUT2D eigenvalue weighted by Gasteiger charge is 2.14. The van der Waals surface area contributed by atoms with Gasteiger partial charge in [-0.25, -0.2) is 4.98 Å². The Bertz CT molecular complexity index is 633. The van der Waals surface area contributed by atoms with Gasteiger partial charge in [0, 0.05) is 17.1 Å². The summed E-state index contributed by atoms with van der Waals surface area (Å²) >= 11 is 0. The molecule has 1 N–H and O–H groups in total. The lowest BCUT2D eigenvalue weighted by Gasteiger charge is -2.22. The van der Waals surface area contributed by atoms with E-state index in [1.54, 1.807) is 6.07 Å². The van der Waals surface area contributed by atoms with Crippen LogP contribution in [0.15, 0.2) is 18.3 Å². The van der Waals surface area contributed by atoms with Gasteiger partial charge in [0.05, 0.1) is 0 Å². The van der Waals surface area contributed by atoms with Gasteiger partial charge < -0.3 is 5.32 Å². The lowest BCUT2D eigenvalue weighted by molar-refractivity contribution is 0.631. The van der Waals surface area contributed by atoms with Crippen LogP contribution in [0.5, 0.6) is 0 Å². The number of fused-ring (bicyclic) bond motifs is 1. The van der Waals surface area contributed by atoms with E-state index in [2.05, 4.69) is 21.4 Å². The molecule has 92 valence electrons. The van der Waals surface area contributed by atoms with Gasteiger partial charge in [0.15, 0.2) is 5.82 Å². The number of aromatic nitrogens is 2. The van der Waals surface area contributed by atoms with E-state index in [0.29, 0.717) is 11.5 Å². The minimum absolute atomic E-state index is 0.124. The van der Waals surface area contributed by atoms with E-state index >= 15 is 0 Å². The van der Waals surface area contributed by atoms with Crippen LogP contribution in [0.1, 0.15) is 32.0 Å². The highest BCUT2D eigenvalue weighted by Crippen LogP contribution is 2.23. The lowest BCUT2D eigenvalue weighted by atomic mass is 10.1. The van der Waals surface area contributed by atoms with Crippen LogP contribution >= 0.6 is 0 Å². The molecule has 0 unspecified atom stereocenters. The van der Waals surface area contributed by atoms with Crippen LogP contribution in [0.3, 0.4) is 0 Å². The normalized spacial score (nSPS) is 11.3. The summed E-state index contributed by atoms with van der Waals surface area (Å²) in [5.41, 5.74) is 2.15. The van der Waals surface area contributed by atoms with Crippen LogP contribution in [-0.4, -0.2) is 15.5 Å². The molecule has 0 fully saturated rings. The molecule has 0 aromatic carbocycles. The molecule has 0 aliphatic heterocycles. The van der Waals surface area contributed by atoms with E-state index in [9.17, 15) is 0 Å². The number of nitriles is 1. The number of rotatable bonds is 1. The molecular weight excluding hydrogens is 224 g/mol. The monoisotopic (exact) mass is 240 g/mol. The van der Waals surface area contributed by atoms with Gasteiger partial charge >= 0.3 is 0 Å². The van der Waals surface area contributed by atoms with Crippen LogP contribution < -0.4 is 5.32 Å². The number of pyridine rings is 2. The second-order valence-corrected chi connectivity index (χ2v) is 5.43. The van der Waals surface area contributed by atoms with E-state index in [1.165, 1.54) is 0 Å². The van der Waals surface area contributed by atoms with Crippen molar-refractivity contribution in [3.05, 3.63) is 29.6 Å². The van der Waals surface area contributed by atoms with Gasteiger partial charge in [-0.3, -0.25) is 4.98 Å². The Hall–Kier alpha value is -2.15. The van der Waals surface area contributed by atoms with Crippen molar-refractivity contribution in [2.24, 2.45) is 0 Å². The summed E-state index contributed by atoms with van der Waals surface area (Å²) < 4.78 is 0. The molecule has 4 heteroatoms. The highest BCUT2D eigenvalue weighted by atomic mass is 15.1. The molecule has 0 amide bonds. The molecule has 0 saturated carbocycles. The third-order valence-corrected chi connectivity index (χ3v) is 2.41. The summed E-state index contributed by atoms with van der Waals surface area (Å²) in [6, 6.07) is 5.87. The topological polar surface area (TPSA) is 61.6 Å². The molecule has 0 aliphatic carbocycles. The molecule has 0 aliphatic rings. The standard InChI is InChI=1S/C14H16N4/c1-9-5-10-6-11(7-15)17-13(12(10)16-8-9)18-14(2,3)4/h5-6,8H,1-4H3,(H,17,18). The van der Waals surface area contributed by atoms with E-state index in [1.807, 2.05) is 40.0 Å². The first-order valence-corrected chi connectivity index (χ1v) is 5.85. The lowest BCUT2D eigenvalue weighted by Crippen LogP contribution is -2.27. The van der Waals surface area contributed by atoms with Crippen molar-refractivity contribution < 1.29 is 0 Å². The quantitative estimate of drug-likeness (QED) is 0.832. The minimum atomic E-state index is -0.124. The number of hydrogen-bond acceptors (Lipinski definition) is 4. The maximum absolute atomic E-state index is 9.03. The molecule has 0 atom stereocenters. The molecule has 0 radical (unpaired) electrons. The van der Waals surface area contributed by atoms with E-state index in [0.717, 1.165) is 16.5 Å². The summed E-state index contributed by atoms with van der Waals surface area (Å²) in [6.07, 6.45) is 1.81. The molecule has 2 rings (SSSR count). The smallest absolute Gasteiger partial charge is 0.154 e. The maximum atomic E-state index is 9.03. The van der Waals surface area contributed by atoms with Crippen LogP contribution in [0, 0.1) is 18.3 Å². The summed E-state index contributed by atoms with van der Waals surface area (Å²) in [6.45, 7) is 8.13. The summed E-state index contributed by atoms with van der Waals surface area (Å²) in [4.78, 5) is 8.71. The summed E-state index contributed by atoms with van der Waals surface area (Å²) in [5.74, 6) is 0.663. The Morgan fingerprint density at radius 3 is 2.61 bits per heavy atom. The highest BCUT2D eigenvalue weighted by molar-refractivity contribution is 5.89. The average Bonchev–Trinajstić information content (AvgIpc) is 2.25. The zero-order chi connectivity index (χ0) is 13.3. The second-order valence-electron chi connectivity index (χ2n) is 5.43. The van der Waals surface area contributed by atoms with Crippen molar-refractivity contribution >= 4 is 16.7 Å². The van der Waals surface area contributed by atoms with Gasteiger partial charge in [-0.1, -0.05) is 0 Å². The van der Waals surface area contributed by atoms with Crippen LogP contribution in [0.2, 0.25) is 0 Å². The van der Waals surface area contributed by atoms with Crippen molar-refractivity contribution in [3.63, 3.8) is 0 Å². The van der Waals surface area contributed by atoms with Gasteiger partial charge in [-0.2, -0.15) is 5.26 Å². The predicted octanol–water partition coefficient (Wildman–Crippen LogP) is 3.02. The fourth-order valence-electron chi connectivity index (χ4n) is 1.75. The Balaban J connectivity index is 2.67.